The van der Waals surface area contributed by atoms with E-state index in [1.54, 1.807) is 0 Å². The van der Waals surface area contributed by atoms with Gasteiger partial charge in [0.25, 0.3) is 0 Å². The highest BCUT2D eigenvalue weighted by atomic mass is 16.6. The van der Waals surface area contributed by atoms with Crippen molar-refractivity contribution in [3.8, 4) is 0 Å². The highest BCUT2D eigenvalue weighted by molar-refractivity contribution is 5.69. The molecule has 0 aliphatic rings. The molecule has 0 saturated carbocycles. The molecule has 0 fully saturated rings. The van der Waals surface area contributed by atoms with Gasteiger partial charge in [0, 0.05) is 19.6 Å². The van der Waals surface area contributed by atoms with E-state index in [1.165, 1.54) is 193 Å². The van der Waals surface area contributed by atoms with Crippen molar-refractivity contribution in [2.75, 3.05) is 26.4 Å². The van der Waals surface area contributed by atoms with E-state index in [4.69, 9.17) is 14.2 Å². The Morgan fingerprint density at radius 2 is 0.688 bits per heavy atom. The lowest BCUT2D eigenvalue weighted by atomic mass is 10.0. The average molecular weight is 681 g/mol. The summed E-state index contributed by atoms with van der Waals surface area (Å²) in [5, 5.41) is 0. The van der Waals surface area contributed by atoms with Crippen LogP contribution in [0.1, 0.15) is 245 Å². The molecule has 4 heteroatoms. The summed E-state index contributed by atoms with van der Waals surface area (Å²) < 4.78 is 17.7. The largest absolute Gasteiger partial charge is 0.463 e. The minimum atomic E-state index is -0.145. The van der Waals surface area contributed by atoms with Crippen molar-refractivity contribution >= 4 is 5.97 Å². The molecule has 1 atom stereocenters. The van der Waals surface area contributed by atoms with Gasteiger partial charge >= 0.3 is 5.97 Å². The summed E-state index contributed by atoms with van der Waals surface area (Å²) in [7, 11) is 0. The third-order valence-corrected chi connectivity index (χ3v) is 9.96. The number of esters is 1. The van der Waals surface area contributed by atoms with Gasteiger partial charge in [-0.05, 0) is 19.3 Å². The molecular weight excluding hydrogens is 592 g/mol. The standard InChI is InChI=1S/C44H88O4/c1-4-7-10-12-14-16-18-20-22-24-26-28-30-32-34-36-39-46-41-43(42-48-44(45)38-9-6-3)47-40-37-35-33-31-29-27-25-23-21-19-17-15-13-11-8-5-2/h43H,4-42H2,1-3H3. The van der Waals surface area contributed by atoms with Gasteiger partial charge in [0.2, 0.25) is 0 Å². The van der Waals surface area contributed by atoms with Gasteiger partial charge in [0.05, 0.1) is 6.61 Å². The van der Waals surface area contributed by atoms with Gasteiger partial charge in [-0.15, -0.1) is 0 Å². The summed E-state index contributed by atoms with van der Waals surface area (Å²) in [6.45, 7) is 9.05. The number of unbranched alkanes of at least 4 members (excludes halogenated alkanes) is 31. The van der Waals surface area contributed by atoms with Gasteiger partial charge in [0.1, 0.15) is 12.7 Å². The Morgan fingerprint density at radius 1 is 0.375 bits per heavy atom. The molecular formula is C44H88O4. The number of rotatable bonds is 42. The number of hydrogen-bond acceptors (Lipinski definition) is 4. The monoisotopic (exact) mass is 681 g/mol. The molecule has 0 saturated heterocycles. The van der Waals surface area contributed by atoms with E-state index in [0.29, 0.717) is 19.6 Å². The van der Waals surface area contributed by atoms with Crippen LogP contribution in [0, 0.1) is 0 Å². The topological polar surface area (TPSA) is 44.8 Å². The maximum absolute atomic E-state index is 12.1. The van der Waals surface area contributed by atoms with E-state index in [-0.39, 0.29) is 12.1 Å². The summed E-state index contributed by atoms with van der Waals surface area (Å²) in [5.41, 5.74) is 0. The molecule has 4 nitrogen and oxygen atoms in total. The van der Waals surface area contributed by atoms with Crippen molar-refractivity contribution in [2.45, 2.75) is 252 Å². The van der Waals surface area contributed by atoms with E-state index in [0.717, 1.165) is 38.9 Å². The zero-order valence-corrected chi connectivity index (χ0v) is 33.3. The Balaban J connectivity index is 3.74. The summed E-state index contributed by atoms with van der Waals surface area (Å²) in [5.74, 6) is -0.106. The molecule has 0 rings (SSSR count). The Labute approximate surface area is 302 Å². The van der Waals surface area contributed by atoms with E-state index >= 15 is 0 Å². The fourth-order valence-electron chi connectivity index (χ4n) is 6.59. The SMILES string of the molecule is CCCCCCCCCCCCCCCCCCOCC(COC(=O)CCCC)OCCCCCCCCCCCCCCCCCC. The minimum absolute atomic E-state index is 0.106. The van der Waals surface area contributed by atoms with Crippen LogP contribution >= 0.6 is 0 Å². The first-order valence-electron chi connectivity index (χ1n) is 22.1. The molecule has 0 amide bonds. The van der Waals surface area contributed by atoms with Crippen LogP contribution in [0.5, 0.6) is 0 Å². The molecule has 0 aromatic heterocycles. The van der Waals surface area contributed by atoms with Gasteiger partial charge < -0.3 is 14.2 Å². The number of carbonyl (C=O) groups is 1. The van der Waals surface area contributed by atoms with E-state index in [9.17, 15) is 4.79 Å². The smallest absolute Gasteiger partial charge is 0.305 e. The Kier molecular flexibility index (Phi) is 42.0. The van der Waals surface area contributed by atoms with E-state index in [2.05, 4.69) is 20.8 Å². The number of carbonyl (C=O) groups excluding carboxylic acids is 1. The van der Waals surface area contributed by atoms with E-state index < -0.39 is 0 Å². The molecule has 288 valence electrons. The predicted octanol–water partition coefficient (Wildman–Crippen LogP) is 14.6. The summed E-state index contributed by atoms with van der Waals surface area (Å²) in [4.78, 5) is 12.1. The molecule has 0 aromatic rings. The first-order chi connectivity index (χ1) is 23.7. The molecule has 0 aliphatic heterocycles. The number of ether oxygens (including phenoxy) is 3. The van der Waals surface area contributed by atoms with Crippen LogP contribution in [0.4, 0.5) is 0 Å². The fourth-order valence-corrected chi connectivity index (χ4v) is 6.59. The third-order valence-electron chi connectivity index (χ3n) is 9.96. The van der Waals surface area contributed by atoms with Crippen LogP contribution in [-0.2, 0) is 19.0 Å². The van der Waals surface area contributed by atoms with Gasteiger partial charge in [0.15, 0.2) is 0 Å². The maximum atomic E-state index is 12.1. The zero-order chi connectivity index (χ0) is 34.9. The second kappa shape index (κ2) is 42.6. The lowest BCUT2D eigenvalue weighted by molar-refractivity contribution is -0.150. The van der Waals surface area contributed by atoms with Crippen molar-refractivity contribution in [1.29, 1.82) is 0 Å². The summed E-state index contributed by atoms with van der Waals surface area (Å²) >= 11 is 0. The molecule has 48 heavy (non-hydrogen) atoms. The average Bonchev–Trinajstić information content (AvgIpc) is 3.10. The number of hydrogen-bond donors (Lipinski definition) is 0. The second-order valence-electron chi connectivity index (χ2n) is 15.0. The van der Waals surface area contributed by atoms with Gasteiger partial charge in [-0.1, -0.05) is 220 Å². The minimum Gasteiger partial charge on any atom is -0.463 e. The van der Waals surface area contributed by atoms with Crippen LogP contribution in [0.3, 0.4) is 0 Å². The first-order valence-corrected chi connectivity index (χ1v) is 22.1. The molecule has 1 unspecified atom stereocenters. The van der Waals surface area contributed by atoms with Crippen LogP contribution in [-0.4, -0.2) is 38.5 Å². The summed E-state index contributed by atoms with van der Waals surface area (Å²) in [6.07, 6.45) is 46.3. The zero-order valence-electron chi connectivity index (χ0n) is 33.3. The van der Waals surface area contributed by atoms with Crippen LogP contribution in [0.2, 0.25) is 0 Å². The van der Waals surface area contributed by atoms with Gasteiger partial charge in [-0.25, -0.2) is 0 Å². The van der Waals surface area contributed by atoms with Crippen LogP contribution in [0.15, 0.2) is 0 Å². The van der Waals surface area contributed by atoms with Gasteiger partial charge in [-0.3, -0.25) is 4.79 Å². The molecule has 0 bridgehead atoms. The lowest BCUT2D eigenvalue weighted by Crippen LogP contribution is -2.28. The van der Waals surface area contributed by atoms with Gasteiger partial charge in [-0.2, -0.15) is 0 Å². The predicted molar refractivity (Wildman–Crippen MR) is 210 cm³/mol. The van der Waals surface area contributed by atoms with Crippen molar-refractivity contribution in [3.63, 3.8) is 0 Å². The molecule has 0 spiro atoms. The van der Waals surface area contributed by atoms with Crippen molar-refractivity contribution in [2.24, 2.45) is 0 Å². The van der Waals surface area contributed by atoms with Crippen LogP contribution in [0.25, 0.3) is 0 Å². The fraction of sp³-hybridized carbons (Fsp3) is 0.977. The molecule has 0 radical (unpaired) electrons. The second-order valence-corrected chi connectivity index (χ2v) is 15.0. The Morgan fingerprint density at radius 3 is 1.04 bits per heavy atom. The van der Waals surface area contributed by atoms with Crippen molar-refractivity contribution in [1.82, 2.24) is 0 Å². The molecule has 0 aromatic carbocycles. The Hall–Kier alpha value is -0.610. The maximum Gasteiger partial charge on any atom is 0.305 e. The lowest BCUT2D eigenvalue weighted by Gasteiger charge is -2.18. The summed E-state index contributed by atoms with van der Waals surface area (Å²) in [6, 6.07) is 0. The third kappa shape index (κ3) is 39.8. The highest BCUT2D eigenvalue weighted by Crippen LogP contribution is 2.15. The quantitative estimate of drug-likeness (QED) is 0.0475. The highest BCUT2D eigenvalue weighted by Gasteiger charge is 2.13. The molecule has 0 aliphatic carbocycles. The van der Waals surface area contributed by atoms with Crippen LogP contribution < -0.4 is 0 Å². The Bertz CT molecular complexity index is 594. The first kappa shape index (κ1) is 47.4. The molecule has 0 heterocycles. The normalized spacial score (nSPS) is 12.1. The molecule has 0 N–H and O–H groups in total. The van der Waals surface area contributed by atoms with Crippen molar-refractivity contribution in [3.05, 3.63) is 0 Å². The van der Waals surface area contributed by atoms with E-state index in [1.807, 2.05) is 0 Å². The van der Waals surface area contributed by atoms with Crippen molar-refractivity contribution < 1.29 is 19.0 Å².